The van der Waals surface area contributed by atoms with Crippen molar-refractivity contribution in [3.05, 3.63) is 29.5 Å². The van der Waals surface area contributed by atoms with E-state index in [1.165, 1.54) is 0 Å². The number of benzene rings is 1. The van der Waals surface area contributed by atoms with Crippen LogP contribution in [0.25, 0.3) is 11.3 Å². The van der Waals surface area contributed by atoms with Crippen molar-refractivity contribution in [1.82, 2.24) is 15.2 Å². The molecule has 0 bridgehead atoms. The SMILES string of the molecule is Cc1nc(NCC2(CO)CCC2)nnc1-c1ccc(C(F)(F)F)cc1O. The zero-order valence-corrected chi connectivity index (χ0v) is 14.1. The third-order valence-corrected chi connectivity index (χ3v) is 4.81. The van der Waals surface area contributed by atoms with Gasteiger partial charge in [-0.05, 0) is 38.0 Å². The number of phenols is 1. The second-order valence-corrected chi connectivity index (χ2v) is 6.66. The molecule has 0 amide bonds. The highest BCUT2D eigenvalue weighted by atomic mass is 19.4. The number of nitrogens with zero attached hydrogens (tertiary/aromatic N) is 3. The average molecular weight is 368 g/mol. The number of hydrogen-bond acceptors (Lipinski definition) is 6. The summed E-state index contributed by atoms with van der Waals surface area (Å²) >= 11 is 0. The van der Waals surface area contributed by atoms with Gasteiger partial charge in [0, 0.05) is 17.5 Å². The largest absolute Gasteiger partial charge is 0.507 e. The minimum Gasteiger partial charge on any atom is -0.507 e. The van der Waals surface area contributed by atoms with E-state index in [4.69, 9.17) is 0 Å². The number of aliphatic hydroxyl groups is 1. The van der Waals surface area contributed by atoms with Crippen molar-refractivity contribution in [2.24, 2.45) is 5.41 Å². The van der Waals surface area contributed by atoms with E-state index in [9.17, 15) is 23.4 Å². The monoisotopic (exact) mass is 368 g/mol. The Bertz CT molecular complexity index is 802. The molecule has 0 aliphatic heterocycles. The summed E-state index contributed by atoms with van der Waals surface area (Å²) in [5.74, 6) is -0.259. The average Bonchev–Trinajstić information content (AvgIpc) is 2.54. The number of hydrogen-bond donors (Lipinski definition) is 3. The molecule has 0 radical (unpaired) electrons. The van der Waals surface area contributed by atoms with E-state index >= 15 is 0 Å². The smallest absolute Gasteiger partial charge is 0.416 e. The second kappa shape index (κ2) is 6.71. The molecule has 0 unspecified atom stereocenters. The van der Waals surface area contributed by atoms with Crippen LogP contribution in [-0.4, -0.2) is 38.5 Å². The Morgan fingerprint density at radius 1 is 1.23 bits per heavy atom. The fourth-order valence-corrected chi connectivity index (χ4v) is 2.97. The van der Waals surface area contributed by atoms with Gasteiger partial charge in [-0.1, -0.05) is 6.42 Å². The van der Waals surface area contributed by atoms with Crippen LogP contribution in [0.15, 0.2) is 18.2 Å². The van der Waals surface area contributed by atoms with Crippen molar-refractivity contribution in [2.75, 3.05) is 18.5 Å². The first-order valence-electron chi connectivity index (χ1n) is 8.21. The molecule has 1 aromatic heterocycles. The topological polar surface area (TPSA) is 91.2 Å². The van der Waals surface area contributed by atoms with Gasteiger partial charge in [-0.2, -0.15) is 13.2 Å². The lowest BCUT2D eigenvalue weighted by Gasteiger charge is -2.40. The van der Waals surface area contributed by atoms with Crippen LogP contribution in [0.4, 0.5) is 19.1 Å². The molecule has 9 heteroatoms. The van der Waals surface area contributed by atoms with E-state index < -0.39 is 17.5 Å². The summed E-state index contributed by atoms with van der Waals surface area (Å²) in [6.07, 6.45) is -1.60. The summed E-state index contributed by atoms with van der Waals surface area (Å²) in [5.41, 5.74) is -0.327. The van der Waals surface area contributed by atoms with Crippen LogP contribution in [0, 0.1) is 12.3 Å². The molecule has 0 atom stereocenters. The number of rotatable bonds is 5. The fraction of sp³-hybridized carbons (Fsp3) is 0.471. The van der Waals surface area contributed by atoms with Gasteiger partial charge in [0.1, 0.15) is 11.4 Å². The van der Waals surface area contributed by atoms with Gasteiger partial charge in [0.25, 0.3) is 0 Å². The lowest BCUT2D eigenvalue weighted by molar-refractivity contribution is -0.137. The normalized spacial score (nSPS) is 16.2. The summed E-state index contributed by atoms with van der Waals surface area (Å²) in [5, 5.41) is 30.4. The maximum absolute atomic E-state index is 12.7. The highest BCUT2D eigenvalue weighted by Crippen LogP contribution is 2.40. The number of nitrogens with one attached hydrogen (secondary N) is 1. The molecule has 2 aromatic rings. The lowest BCUT2D eigenvalue weighted by atomic mass is 9.69. The summed E-state index contributed by atoms with van der Waals surface area (Å²) in [7, 11) is 0. The number of anilines is 1. The number of aromatic hydroxyl groups is 1. The Morgan fingerprint density at radius 2 is 1.96 bits per heavy atom. The number of aryl methyl sites for hydroxylation is 1. The van der Waals surface area contributed by atoms with Gasteiger partial charge in [0.05, 0.1) is 17.9 Å². The van der Waals surface area contributed by atoms with E-state index in [2.05, 4.69) is 20.5 Å². The summed E-state index contributed by atoms with van der Waals surface area (Å²) in [6, 6.07) is 2.69. The van der Waals surface area contributed by atoms with Gasteiger partial charge in [-0.3, -0.25) is 0 Å². The highest BCUT2D eigenvalue weighted by Gasteiger charge is 2.36. The zero-order valence-electron chi connectivity index (χ0n) is 14.1. The van der Waals surface area contributed by atoms with Crippen LogP contribution in [0.5, 0.6) is 5.75 Å². The predicted molar refractivity (Wildman–Crippen MR) is 88.5 cm³/mol. The molecule has 3 N–H and O–H groups in total. The molecule has 0 spiro atoms. The Morgan fingerprint density at radius 3 is 2.46 bits per heavy atom. The Hall–Kier alpha value is -2.42. The minimum absolute atomic E-state index is 0.0872. The number of phenolic OH excluding ortho intramolecular Hbond substituents is 1. The molecular formula is C17H19F3N4O2. The van der Waals surface area contributed by atoms with Crippen molar-refractivity contribution >= 4 is 5.95 Å². The quantitative estimate of drug-likeness (QED) is 0.751. The molecule has 140 valence electrons. The van der Waals surface area contributed by atoms with Crippen molar-refractivity contribution in [2.45, 2.75) is 32.4 Å². The van der Waals surface area contributed by atoms with Crippen LogP contribution in [0.3, 0.4) is 0 Å². The van der Waals surface area contributed by atoms with Crippen LogP contribution < -0.4 is 5.32 Å². The van der Waals surface area contributed by atoms with Crippen molar-refractivity contribution in [3.63, 3.8) is 0 Å². The molecule has 1 aliphatic carbocycles. The Labute approximate surface area is 148 Å². The summed E-state index contributed by atoms with van der Waals surface area (Å²) in [6.45, 7) is 2.25. The number of alkyl halides is 3. The minimum atomic E-state index is -4.53. The van der Waals surface area contributed by atoms with Crippen molar-refractivity contribution < 1.29 is 23.4 Å². The van der Waals surface area contributed by atoms with Crippen LogP contribution in [0.1, 0.15) is 30.5 Å². The van der Waals surface area contributed by atoms with E-state index in [-0.39, 0.29) is 29.2 Å². The van der Waals surface area contributed by atoms with Crippen LogP contribution in [0.2, 0.25) is 0 Å². The van der Waals surface area contributed by atoms with Gasteiger partial charge in [0.2, 0.25) is 5.95 Å². The molecular weight excluding hydrogens is 349 g/mol. The van der Waals surface area contributed by atoms with Crippen molar-refractivity contribution in [3.8, 4) is 17.0 Å². The number of aliphatic hydroxyl groups excluding tert-OH is 1. The molecule has 3 rings (SSSR count). The lowest BCUT2D eigenvalue weighted by Crippen LogP contribution is -2.40. The summed E-state index contributed by atoms with van der Waals surface area (Å²) < 4.78 is 38.1. The van der Waals surface area contributed by atoms with E-state index in [1.54, 1.807) is 6.92 Å². The van der Waals surface area contributed by atoms with Gasteiger partial charge < -0.3 is 15.5 Å². The van der Waals surface area contributed by atoms with Crippen LogP contribution >= 0.6 is 0 Å². The molecule has 0 saturated heterocycles. The number of aromatic nitrogens is 3. The standard InChI is InChI=1S/C17H19F3N4O2/c1-10-14(12-4-3-11(7-13(12)26)17(18,19)20)23-24-15(22-10)21-8-16(9-25)5-2-6-16/h3-4,7,25-26H,2,5-6,8-9H2,1H3,(H,21,22,24). The maximum atomic E-state index is 12.7. The highest BCUT2D eigenvalue weighted by molar-refractivity contribution is 5.69. The fourth-order valence-electron chi connectivity index (χ4n) is 2.97. The van der Waals surface area contributed by atoms with Gasteiger partial charge in [-0.25, -0.2) is 4.98 Å². The van der Waals surface area contributed by atoms with E-state index in [0.29, 0.717) is 18.3 Å². The molecule has 1 aromatic carbocycles. The van der Waals surface area contributed by atoms with Gasteiger partial charge in [0.15, 0.2) is 0 Å². The molecule has 1 aliphatic rings. The first kappa shape index (κ1) is 18.4. The number of halogens is 3. The summed E-state index contributed by atoms with van der Waals surface area (Å²) in [4.78, 5) is 4.26. The Kier molecular flexibility index (Phi) is 4.74. The molecule has 6 nitrogen and oxygen atoms in total. The first-order valence-corrected chi connectivity index (χ1v) is 8.21. The van der Waals surface area contributed by atoms with Crippen LogP contribution in [-0.2, 0) is 6.18 Å². The third-order valence-electron chi connectivity index (χ3n) is 4.81. The molecule has 1 fully saturated rings. The van der Waals surface area contributed by atoms with Gasteiger partial charge in [-0.15, -0.1) is 10.2 Å². The third kappa shape index (κ3) is 3.57. The molecule has 1 saturated carbocycles. The van der Waals surface area contributed by atoms with E-state index in [1.807, 2.05) is 0 Å². The second-order valence-electron chi connectivity index (χ2n) is 6.66. The predicted octanol–water partition coefficient (Wildman–Crippen LogP) is 3.15. The molecule has 1 heterocycles. The zero-order chi connectivity index (χ0) is 18.9. The molecule has 26 heavy (non-hydrogen) atoms. The first-order chi connectivity index (χ1) is 12.2. The van der Waals surface area contributed by atoms with Crippen molar-refractivity contribution in [1.29, 1.82) is 0 Å². The van der Waals surface area contributed by atoms with Gasteiger partial charge >= 0.3 is 6.18 Å². The maximum Gasteiger partial charge on any atom is 0.416 e. The van der Waals surface area contributed by atoms with E-state index in [0.717, 1.165) is 31.4 Å². The Balaban J connectivity index is 1.79.